The van der Waals surface area contributed by atoms with Crippen LogP contribution >= 0.6 is 11.6 Å². The highest BCUT2D eigenvalue weighted by molar-refractivity contribution is 6.30. The van der Waals surface area contributed by atoms with Gasteiger partial charge >= 0.3 is 0 Å². The second-order valence-corrected chi connectivity index (χ2v) is 4.75. The number of nitrogens with one attached hydrogen (secondary N) is 1. The maximum Gasteiger partial charge on any atom is 0.126 e. The van der Waals surface area contributed by atoms with Crippen molar-refractivity contribution in [3.8, 4) is 0 Å². The van der Waals surface area contributed by atoms with Crippen LogP contribution in [0.2, 0.25) is 5.02 Å². The summed E-state index contributed by atoms with van der Waals surface area (Å²) in [5.41, 5.74) is 2.95. The first-order chi connectivity index (χ1) is 8.65. The van der Waals surface area contributed by atoms with Gasteiger partial charge in [0, 0.05) is 18.1 Å². The zero-order valence-corrected chi connectivity index (χ0v) is 11.0. The molecule has 0 fully saturated rings. The largest absolute Gasteiger partial charge is 0.309 e. The third-order valence-electron chi connectivity index (χ3n) is 2.79. The van der Waals surface area contributed by atoms with Crippen LogP contribution in [0.1, 0.15) is 16.7 Å². The Labute approximate surface area is 112 Å². The fourth-order valence-electron chi connectivity index (χ4n) is 1.77. The minimum absolute atomic E-state index is 0.156. The molecule has 2 rings (SSSR count). The van der Waals surface area contributed by atoms with E-state index in [1.54, 1.807) is 13.0 Å². The van der Waals surface area contributed by atoms with Gasteiger partial charge in [-0.05, 0) is 41.8 Å². The van der Waals surface area contributed by atoms with Crippen LogP contribution in [0, 0.1) is 12.7 Å². The number of hydrogen-bond donors (Lipinski definition) is 1. The molecule has 0 amide bonds. The predicted molar refractivity (Wildman–Crippen MR) is 73.1 cm³/mol. The Kier molecular flexibility index (Phi) is 4.34. The monoisotopic (exact) mass is 263 g/mol. The molecule has 0 aliphatic carbocycles. The average molecular weight is 264 g/mol. The van der Waals surface area contributed by atoms with E-state index in [1.807, 2.05) is 30.3 Å². The molecular formula is C15H15ClFN. The van der Waals surface area contributed by atoms with E-state index in [2.05, 4.69) is 5.32 Å². The van der Waals surface area contributed by atoms with Crippen molar-refractivity contribution in [3.63, 3.8) is 0 Å². The molecule has 0 saturated heterocycles. The number of rotatable bonds is 4. The molecule has 2 aromatic rings. The highest BCUT2D eigenvalue weighted by atomic mass is 35.5. The first-order valence-corrected chi connectivity index (χ1v) is 6.23. The molecule has 0 heterocycles. The second-order valence-electron chi connectivity index (χ2n) is 4.31. The minimum Gasteiger partial charge on any atom is -0.309 e. The van der Waals surface area contributed by atoms with E-state index in [9.17, 15) is 4.39 Å². The molecule has 0 saturated carbocycles. The molecule has 0 spiro atoms. The molecule has 0 unspecified atom stereocenters. The lowest BCUT2D eigenvalue weighted by molar-refractivity contribution is 0.615. The van der Waals surface area contributed by atoms with Gasteiger partial charge in [-0.1, -0.05) is 35.9 Å². The first kappa shape index (κ1) is 13.1. The zero-order chi connectivity index (χ0) is 13.0. The van der Waals surface area contributed by atoms with Crippen LogP contribution < -0.4 is 5.32 Å². The second kappa shape index (κ2) is 5.98. The van der Waals surface area contributed by atoms with Crippen molar-refractivity contribution >= 4 is 11.6 Å². The smallest absolute Gasteiger partial charge is 0.126 e. The SMILES string of the molecule is Cc1cc(CNCc2ccc(Cl)cc2)ccc1F. The molecule has 94 valence electrons. The molecule has 0 aromatic heterocycles. The summed E-state index contributed by atoms with van der Waals surface area (Å²) in [6.45, 7) is 3.27. The third-order valence-corrected chi connectivity index (χ3v) is 3.05. The van der Waals surface area contributed by atoms with Crippen molar-refractivity contribution in [2.24, 2.45) is 0 Å². The van der Waals surface area contributed by atoms with Crippen molar-refractivity contribution < 1.29 is 4.39 Å². The van der Waals surface area contributed by atoms with Crippen LogP contribution in [0.15, 0.2) is 42.5 Å². The predicted octanol–water partition coefficient (Wildman–Crippen LogP) is 4.08. The molecule has 0 bridgehead atoms. The van der Waals surface area contributed by atoms with Crippen LogP contribution in [0.25, 0.3) is 0 Å². The van der Waals surface area contributed by atoms with Crippen molar-refractivity contribution in [1.82, 2.24) is 5.32 Å². The molecular weight excluding hydrogens is 249 g/mol. The standard InChI is InChI=1S/C15H15ClFN/c1-11-8-13(4-7-15(11)17)10-18-9-12-2-5-14(16)6-3-12/h2-8,18H,9-10H2,1H3. The van der Waals surface area contributed by atoms with Gasteiger partial charge in [0.2, 0.25) is 0 Å². The number of hydrogen-bond acceptors (Lipinski definition) is 1. The van der Waals surface area contributed by atoms with E-state index in [0.717, 1.165) is 23.7 Å². The maximum absolute atomic E-state index is 13.1. The van der Waals surface area contributed by atoms with Gasteiger partial charge in [0.1, 0.15) is 5.82 Å². The number of halogens is 2. The molecule has 3 heteroatoms. The third kappa shape index (κ3) is 3.56. The van der Waals surface area contributed by atoms with E-state index < -0.39 is 0 Å². The summed E-state index contributed by atoms with van der Waals surface area (Å²) >= 11 is 5.82. The Hall–Kier alpha value is -1.38. The van der Waals surface area contributed by atoms with Crippen LogP contribution in [-0.2, 0) is 13.1 Å². The average Bonchev–Trinajstić information content (AvgIpc) is 2.36. The minimum atomic E-state index is -0.156. The normalized spacial score (nSPS) is 10.6. The van der Waals surface area contributed by atoms with E-state index in [-0.39, 0.29) is 5.82 Å². The molecule has 1 N–H and O–H groups in total. The van der Waals surface area contributed by atoms with Crippen molar-refractivity contribution in [1.29, 1.82) is 0 Å². The summed E-state index contributed by atoms with van der Waals surface area (Å²) in [5.74, 6) is -0.156. The van der Waals surface area contributed by atoms with Crippen LogP contribution in [-0.4, -0.2) is 0 Å². The lowest BCUT2D eigenvalue weighted by Crippen LogP contribution is -2.12. The Bertz CT molecular complexity index is 523. The highest BCUT2D eigenvalue weighted by Gasteiger charge is 1.99. The topological polar surface area (TPSA) is 12.0 Å². The quantitative estimate of drug-likeness (QED) is 0.877. The number of aryl methyl sites for hydroxylation is 1. The molecule has 2 aromatic carbocycles. The van der Waals surface area contributed by atoms with E-state index in [0.29, 0.717) is 5.56 Å². The van der Waals surface area contributed by atoms with Crippen molar-refractivity contribution in [3.05, 3.63) is 70.0 Å². The van der Waals surface area contributed by atoms with Gasteiger partial charge < -0.3 is 5.32 Å². The van der Waals surface area contributed by atoms with Crippen molar-refractivity contribution in [2.75, 3.05) is 0 Å². The summed E-state index contributed by atoms with van der Waals surface area (Å²) in [7, 11) is 0. The van der Waals surface area contributed by atoms with Gasteiger partial charge in [0.25, 0.3) is 0 Å². The summed E-state index contributed by atoms with van der Waals surface area (Å²) in [5, 5.41) is 4.06. The van der Waals surface area contributed by atoms with Gasteiger partial charge in [0.15, 0.2) is 0 Å². The molecule has 0 aliphatic rings. The summed E-state index contributed by atoms with van der Waals surface area (Å²) < 4.78 is 13.1. The maximum atomic E-state index is 13.1. The van der Waals surface area contributed by atoms with Gasteiger partial charge in [-0.3, -0.25) is 0 Å². The van der Waals surface area contributed by atoms with Crippen LogP contribution in [0.5, 0.6) is 0 Å². The summed E-state index contributed by atoms with van der Waals surface area (Å²) in [6, 6.07) is 12.9. The molecule has 18 heavy (non-hydrogen) atoms. The fraction of sp³-hybridized carbons (Fsp3) is 0.200. The lowest BCUT2D eigenvalue weighted by Gasteiger charge is -2.06. The van der Waals surface area contributed by atoms with E-state index in [4.69, 9.17) is 11.6 Å². The Morgan fingerprint density at radius 3 is 2.28 bits per heavy atom. The van der Waals surface area contributed by atoms with Gasteiger partial charge in [-0.2, -0.15) is 0 Å². The summed E-state index contributed by atoms with van der Waals surface area (Å²) in [4.78, 5) is 0. The Morgan fingerprint density at radius 2 is 1.61 bits per heavy atom. The lowest BCUT2D eigenvalue weighted by atomic mass is 10.1. The van der Waals surface area contributed by atoms with Crippen LogP contribution in [0.3, 0.4) is 0 Å². The van der Waals surface area contributed by atoms with Gasteiger partial charge in [-0.15, -0.1) is 0 Å². The highest BCUT2D eigenvalue weighted by Crippen LogP contribution is 2.11. The number of benzene rings is 2. The molecule has 1 nitrogen and oxygen atoms in total. The molecule has 0 atom stereocenters. The van der Waals surface area contributed by atoms with Crippen LogP contribution in [0.4, 0.5) is 4.39 Å². The molecule has 0 radical (unpaired) electrons. The Balaban J connectivity index is 1.88. The molecule has 0 aliphatic heterocycles. The fourth-order valence-corrected chi connectivity index (χ4v) is 1.90. The van der Waals surface area contributed by atoms with E-state index >= 15 is 0 Å². The zero-order valence-electron chi connectivity index (χ0n) is 10.2. The van der Waals surface area contributed by atoms with Gasteiger partial charge in [-0.25, -0.2) is 4.39 Å². The van der Waals surface area contributed by atoms with Crippen molar-refractivity contribution in [2.45, 2.75) is 20.0 Å². The summed E-state index contributed by atoms with van der Waals surface area (Å²) in [6.07, 6.45) is 0. The Morgan fingerprint density at radius 1 is 1.00 bits per heavy atom. The van der Waals surface area contributed by atoms with E-state index in [1.165, 1.54) is 11.6 Å². The van der Waals surface area contributed by atoms with Gasteiger partial charge in [0.05, 0.1) is 0 Å². The first-order valence-electron chi connectivity index (χ1n) is 5.85.